The lowest BCUT2D eigenvalue weighted by atomic mass is 10.1. The molecule has 0 aliphatic carbocycles. The second-order valence-corrected chi connectivity index (χ2v) is 6.27. The van der Waals surface area contributed by atoms with Crippen LogP contribution in [0.15, 0.2) is 42.5 Å². The number of aliphatic hydroxyl groups is 1. The zero-order valence-corrected chi connectivity index (χ0v) is 14.3. The first-order chi connectivity index (χ1) is 11.5. The summed E-state index contributed by atoms with van der Waals surface area (Å²) in [5, 5.41) is 14.0. The first-order valence-electron chi connectivity index (χ1n) is 7.75. The van der Waals surface area contributed by atoms with Crippen LogP contribution in [0.5, 0.6) is 0 Å². The Hall–Kier alpha value is -1.95. The van der Waals surface area contributed by atoms with Gasteiger partial charge in [-0.2, -0.15) is 0 Å². The van der Waals surface area contributed by atoms with Crippen molar-refractivity contribution in [2.75, 3.05) is 6.54 Å². The SMILES string of the molecule is CC(NCC(O)c1ccccc1F)c1nc2cc(Cl)ccc2n1C. The van der Waals surface area contributed by atoms with E-state index in [4.69, 9.17) is 11.6 Å². The number of fused-ring (bicyclic) bond motifs is 1. The summed E-state index contributed by atoms with van der Waals surface area (Å²) < 4.78 is 15.7. The van der Waals surface area contributed by atoms with Crippen LogP contribution in [-0.2, 0) is 7.05 Å². The Labute approximate surface area is 144 Å². The lowest BCUT2D eigenvalue weighted by molar-refractivity contribution is 0.165. The highest BCUT2D eigenvalue weighted by atomic mass is 35.5. The van der Waals surface area contributed by atoms with Gasteiger partial charge in [0.2, 0.25) is 0 Å². The van der Waals surface area contributed by atoms with Gasteiger partial charge in [0.25, 0.3) is 0 Å². The summed E-state index contributed by atoms with van der Waals surface area (Å²) in [7, 11) is 1.93. The average molecular weight is 348 g/mol. The second-order valence-electron chi connectivity index (χ2n) is 5.83. The van der Waals surface area contributed by atoms with Gasteiger partial charge in [0.1, 0.15) is 11.6 Å². The Balaban J connectivity index is 1.74. The third-order valence-electron chi connectivity index (χ3n) is 4.15. The minimum atomic E-state index is -0.919. The summed E-state index contributed by atoms with van der Waals surface area (Å²) in [6.07, 6.45) is -0.919. The van der Waals surface area contributed by atoms with Gasteiger partial charge in [-0.05, 0) is 31.2 Å². The highest BCUT2D eigenvalue weighted by Gasteiger charge is 2.17. The Kier molecular flexibility index (Phi) is 4.85. The summed E-state index contributed by atoms with van der Waals surface area (Å²) in [5.41, 5.74) is 2.09. The first kappa shape index (κ1) is 16.9. The first-order valence-corrected chi connectivity index (χ1v) is 8.13. The minimum Gasteiger partial charge on any atom is -0.387 e. The fraction of sp³-hybridized carbons (Fsp3) is 0.278. The van der Waals surface area contributed by atoms with Crippen molar-refractivity contribution in [3.05, 3.63) is 64.7 Å². The molecule has 0 amide bonds. The normalized spacial score (nSPS) is 14.0. The topological polar surface area (TPSA) is 50.1 Å². The smallest absolute Gasteiger partial charge is 0.129 e. The van der Waals surface area contributed by atoms with Crippen LogP contribution in [0.25, 0.3) is 11.0 Å². The quantitative estimate of drug-likeness (QED) is 0.739. The number of aryl methyl sites for hydroxylation is 1. The van der Waals surface area contributed by atoms with Crippen molar-refractivity contribution in [3.8, 4) is 0 Å². The van der Waals surface area contributed by atoms with E-state index in [1.165, 1.54) is 6.07 Å². The van der Waals surface area contributed by atoms with Crippen molar-refractivity contribution in [2.45, 2.75) is 19.1 Å². The number of hydrogen-bond acceptors (Lipinski definition) is 3. The zero-order valence-electron chi connectivity index (χ0n) is 13.5. The van der Waals surface area contributed by atoms with Crippen LogP contribution in [0.2, 0.25) is 5.02 Å². The van der Waals surface area contributed by atoms with E-state index in [0.717, 1.165) is 16.9 Å². The zero-order chi connectivity index (χ0) is 17.3. The molecule has 4 nitrogen and oxygen atoms in total. The molecule has 1 aromatic heterocycles. The van der Waals surface area contributed by atoms with E-state index in [1.807, 2.05) is 36.7 Å². The number of benzene rings is 2. The number of halogens is 2. The van der Waals surface area contributed by atoms with E-state index >= 15 is 0 Å². The maximum absolute atomic E-state index is 13.7. The summed E-state index contributed by atoms with van der Waals surface area (Å²) in [4.78, 5) is 4.60. The molecule has 0 saturated carbocycles. The molecule has 24 heavy (non-hydrogen) atoms. The molecule has 0 aliphatic heterocycles. The molecule has 0 spiro atoms. The third-order valence-corrected chi connectivity index (χ3v) is 4.38. The van der Waals surface area contributed by atoms with Crippen LogP contribution in [0.1, 0.15) is 30.5 Å². The Morgan fingerprint density at radius 1 is 1.29 bits per heavy atom. The molecule has 0 radical (unpaired) electrons. The second kappa shape index (κ2) is 6.89. The molecule has 0 bridgehead atoms. The molecule has 2 N–H and O–H groups in total. The van der Waals surface area contributed by atoms with Crippen molar-refractivity contribution in [2.24, 2.45) is 7.05 Å². The highest BCUT2D eigenvalue weighted by molar-refractivity contribution is 6.31. The van der Waals surface area contributed by atoms with Crippen molar-refractivity contribution in [1.29, 1.82) is 0 Å². The van der Waals surface area contributed by atoms with Crippen molar-refractivity contribution in [3.63, 3.8) is 0 Å². The fourth-order valence-corrected chi connectivity index (χ4v) is 2.98. The molecule has 3 aromatic rings. The molecule has 0 saturated heterocycles. The maximum atomic E-state index is 13.7. The minimum absolute atomic E-state index is 0.109. The van der Waals surface area contributed by atoms with E-state index in [-0.39, 0.29) is 18.2 Å². The van der Waals surface area contributed by atoms with Gasteiger partial charge in [-0.15, -0.1) is 0 Å². The Morgan fingerprint density at radius 2 is 2.04 bits per heavy atom. The molecular weight excluding hydrogens is 329 g/mol. The number of hydrogen-bond donors (Lipinski definition) is 2. The molecule has 2 unspecified atom stereocenters. The molecule has 2 aromatic carbocycles. The standard InChI is InChI=1S/C18H19ClFN3O/c1-11(21-10-17(24)13-5-3-4-6-14(13)20)18-22-15-9-12(19)7-8-16(15)23(18)2/h3-9,11,17,21,24H,10H2,1-2H3. The van der Waals surface area contributed by atoms with Gasteiger partial charge in [0.15, 0.2) is 0 Å². The summed E-state index contributed by atoms with van der Waals surface area (Å²) in [6, 6.07) is 11.7. The lowest BCUT2D eigenvalue weighted by Crippen LogP contribution is -2.26. The largest absolute Gasteiger partial charge is 0.387 e. The van der Waals surface area contributed by atoms with Gasteiger partial charge in [-0.25, -0.2) is 9.37 Å². The van der Waals surface area contributed by atoms with E-state index < -0.39 is 11.9 Å². The van der Waals surface area contributed by atoms with Gasteiger partial charge in [0, 0.05) is 24.2 Å². The van der Waals surface area contributed by atoms with Gasteiger partial charge in [-0.1, -0.05) is 29.8 Å². The van der Waals surface area contributed by atoms with E-state index in [1.54, 1.807) is 18.2 Å². The Morgan fingerprint density at radius 3 is 2.79 bits per heavy atom. The molecule has 0 aliphatic rings. The van der Waals surface area contributed by atoms with Crippen LogP contribution in [-0.4, -0.2) is 21.2 Å². The number of aromatic nitrogens is 2. The van der Waals surface area contributed by atoms with Gasteiger partial charge in [0.05, 0.1) is 23.2 Å². The molecule has 126 valence electrons. The molecule has 2 atom stereocenters. The van der Waals surface area contributed by atoms with E-state index in [2.05, 4.69) is 10.3 Å². The molecule has 3 rings (SSSR count). The number of rotatable bonds is 5. The molecule has 6 heteroatoms. The van der Waals surface area contributed by atoms with E-state index in [0.29, 0.717) is 5.02 Å². The molecule has 0 fully saturated rings. The number of nitrogens with zero attached hydrogens (tertiary/aromatic N) is 2. The summed E-state index contributed by atoms with van der Waals surface area (Å²) in [6.45, 7) is 2.18. The van der Waals surface area contributed by atoms with Crippen LogP contribution in [0.4, 0.5) is 4.39 Å². The molecular formula is C18H19ClFN3O. The van der Waals surface area contributed by atoms with E-state index in [9.17, 15) is 9.50 Å². The Bertz CT molecular complexity index is 865. The van der Waals surface area contributed by atoms with Crippen LogP contribution >= 0.6 is 11.6 Å². The van der Waals surface area contributed by atoms with Crippen LogP contribution in [0, 0.1) is 5.82 Å². The van der Waals surface area contributed by atoms with Crippen LogP contribution < -0.4 is 5.32 Å². The number of aliphatic hydroxyl groups excluding tert-OH is 1. The number of imidazole rings is 1. The monoisotopic (exact) mass is 347 g/mol. The van der Waals surface area contributed by atoms with Crippen molar-refractivity contribution in [1.82, 2.24) is 14.9 Å². The maximum Gasteiger partial charge on any atom is 0.129 e. The van der Waals surface area contributed by atoms with Gasteiger partial charge in [-0.3, -0.25) is 0 Å². The van der Waals surface area contributed by atoms with Gasteiger partial charge >= 0.3 is 0 Å². The average Bonchev–Trinajstić information content (AvgIpc) is 2.89. The van der Waals surface area contributed by atoms with Gasteiger partial charge < -0.3 is 15.0 Å². The molecule has 1 heterocycles. The number of nitrogens with one attached hydrogen (secondary N) is 1. The fourth-order valence-electron chi connectivity index (χ4n) is 2.81. The van der Waals surface area contributed by atoms with Crippen LogP contribution in [0.3, 0.4) is 0 Å². The summed E-state index contributed by atoms with van der Waals surface area (Å²) >= 11 is 6.01. The predicted molar refractivity (Wildman–Crippen MR) is 93.5 cm³/mol. The summed E-state index contributed by atoms with van der Waals surface area (Å²) in [5.74, 6) is 0.421. The highest BCUT2D eigenvalue weighted by Crippen LogP contribution is 2.23. The lowest BCUT2D eigenvalue weighted by Gasteiger charge is -2.17. The van der Waals surface area contributed by atoms with Crippen molar-refractivity contribution >= 4 is 22.6 Å². The third kappa shape index (κ3) is 3.29. The predicted octanol–water partition coefficient (Wildman–Crippen LogP) is 3.75. The van der Waals surface area contributed by atoms with Crippen molar-refractivity contribution < 1.29 is 9.50 Å².